The minimum atomic E-state index is 0.424. The zero-order valence-corrected chi connectivity index (χ0v) is 10.3. The van der Waals surface area contributed by atoms with Crippen LogP contribution in [0, 0.1) is 0 Å². The molecule has 1 heteroatoms. The van der Waals surface area contributed by atoms with Crippen molar-refractivity contribution in [2.75, 3.05) is 7.05 Å². The lowest BCUT2D eigenvalue weighted by atomic mass is 9.97. The van der Waals surface area contributed by atoms with Gasteiger partial charge in [0.1, 0.15) is 0 Å². The molecule has 86 valence electrons. The molecule has 0 fully saturated rings. The van der Waals surface area contributed by atoms with Crippen molar-refractivity contribution in [1.29, 1.82) is 0 Å². The van der Waals surface area contributed by atoms with Crippen molar-refractivity contribution in [2.45, 2.75) is 38.6 Å². The van der Waals surface area contributed by atoms with E-state index in [-0.39, 0.29) is 0 Å². The molecule has 1 aliphatic carbocycles. The van der Waals surface area contributed by atoms with E-state index < -0.39 is 0 Å². The third kappa shape index (κ3) is 2.35. The summed E-state index contributed by atoms with van der Waals surface area (Å²) in [6, 6.07) is 9.44. The highest BCUT2D eigenvalue weighted by Gasteiger charge is 2.16. The Labute approximate surface area is 98.6 Å². The van der Waals surface area contributed by atoms with Gasteiger partial charge in [-0.25, -0.2) is 0 Å². The zero-order chi connectivity index (χ0) is 11.4. The molecule has 1 N–H and O–H groups in total. The first-order chi connectivity index (χ1) is 7.85. The number of allylic oxidation sites excluding steroid dienone is 1. The molecule has 1 nitrogen and oxygen atoms in total. The summed E-state index contributed by atoms with van der Waals surface area (Å²) >= 11 is 0. The summed E-state index contributed by atoms with van der Waals surface area (Å²) in [4.78, 5) is 0. The number of nitrogens with one attached hydrogen (secondary N) is 1. The van der Waals surface area contributed by atoms with Crippen LogP contribution in [0.2, 0.25) is 0 Å². The number of hydrogen-bond acceptors (Lipinski definition) is 1. The van der Waals surface area contributed by atoms with Gasteiger partial charge in [-0.05, 0) is 43.9 Å². The molecule has 0 heterocycles. The smallest absolute Gasteiger partial charge is 0.0533 e. The molecular formula is C15H21N. The van der Waals surface area contributed by atoms with Gasteiger partial charge in [-0.2, -0.15) is 0 Å². The van der Waals surface area contributed by atoms with Crippen molar-refractivity contribution >= 4 is 0 Å². The van der Waals surface area contributed by atoms with Crippen molar-refractivity contribution in [3.8, 4) is 0 Å². The maximum Gasteiger partial charge on any atom is 0.0533 e. The Morgan fingerprint density at radius 1 is 1.25 bits per heavy atom. The van der Waals surface area contributed by atoms with Gasteiger partial charge in [0, 0.05) is 0 Å². The molecule has 1 aromatic carbocycles. The van der Waals surface area contributed by atoms with Crippen LogP contribution in [0.15, 0.2) is 35.9 Å². The van der Waals surface area contributed by atoms with E-state index in [0.29, 0.717) is 6.04 Å². The summed E-state index contributed by atoms with van der Waals surface area (Å²) in [7, 11) is 2.05. The van der Waals surface area contributed by atoms with E-state index in [4.69, 9.17) is 0 Å². The molecule has 1 unspecified atom stereocenters. The Morgan fingerprint density at radius 3 is 2.50 bits per heavy atom. The maximum absolute atomic E-state index is 3.43. The molecular weight excluding hydrogens is 194 g/mol. The highest BCUT2D eigenvalue weighted by molar-refractivity contribution is 5.32. The normalized spacial score (nSPS) is 17.2. The fraction of sp³-hybridized carbons (Fsp3) is 0.467. The van der Waals surface area contributed by atoms with Crippen molar-refractivity contribution in [3.63, 3.8) is 0 Å². The molecule has 0 saturated heterocycles. The van der Waals surface area contributed by atoms with Gasteiger partial charge in [0.15, 0.2) is 0 Å². The molecule has 0 amide bonds. The van der Waals surface area contributed by atoms with Crippen molar-refractivity contribution in [3.05, 3.63) is 47.0 Å². The van der Waals surface area contributed by atoms with Gasteiger partial charge in [0.25, 0.3) is 0 Å². The van der Waals surface area contributed by atoms with Crippen LogP contribution < -0.4 is 5.32 Å². The van der Waals surface area contributed by atoms with E-state index in [1.807, 2.05) is 0 Å². The molecule has 0 aromatic heterocycles. The van der Waals surface area contributed by atoms with Gasteiger partial charge >= 0.3 is 0 Å². The number of benzene rings is 1. The zero-order valence-electron chi connectivity index (χ0n) is 10.3. The number of aryl methyl sites for hydroxylation is 1. The molecule has 0 spiro atoms. The first-order valence-corrected chi connectivity index (χ1v) is 6.30. The van der Waals surface area contributed by atoms with Crippen LogP contribution in [0.25, 0.3) is 0 Å². The quantitative estimate of drug-likeness (QED) is 0.756. The minimum Gasteiger partial charge on any atom is -0.310 e. The molecule has 1 aromatic rings. The van der Waals surface area contributed by atoms with E-state index in [2.05, 4.69) is 49.6 Å². The highest BCUT2D eigenvalue weighted by Crippen LogP contribution is 2.30. The number of likely N-dealkylation sites (N-methyl/N-ethyl adjacent to an activating group) is 1. The summed E-state index contributed by atoms with van der Waals surface area (Å²) in [5.74, 6) is 0. The summed E-state index contributed by atoms with van der Waals surface area (Å²) in [5.41, 5.74) is 4.37. The molecule has 0 bridgehead atoms. The third-order valence-electron chi connectivity index (χ3n) is 3.46. The lowest BCUT2D eigenvalue weighted by molar-refractivity contribution is 0.655. The van der Waals surface area contributed by atoms with E-state index in [1.54, 1.807) is 5.57 Å². The lowest BCUT2D eigenvalue weighted by Gasteiger charge is -2.18. The second kappa shape index (κ2) is 5.31. The lowest BCUT2D eigenvalue weighted by Crippen LogP contribution is -2.17. The van der Waals surface area contributed by atoms with Crippen LogP contribution in [0.1, 0.15) is 43.4 Å². The van der Waals surface area contributed by atoms with Crippen LogP contribution in [-0.2, 0) is 6.42 Å². The van der Waals surface area contributed by atoms with E-state index in [9.17, 15) is 0 Å². The minimum absolute atomic E-state index is 0.424. The Bertz CT molecular complexity index is 362. The van der Waals surface area contributed by atoms with Crippen LogP contribution in [0.3, 0.4) is 0 Å². The van der Waals surface area contributed by atoms with E-state index in [0.717, 1.165) is 6.42 Å². The Balaban J connectivity index is 2.19. The molecule has 1 aliphatic rings. The Kier molecular flexibility index (Phi) is 3.79. The average Bonchev–Trinajstić information content (AvgIpc) is 2.85. The molecule has 16 heavy (non-hydrogen) atoms. The predicted molar refractivity (Wildman–Crippen MR) is 69.6 cm³/mol. The fourth-order valence-electron chi connectivity index (χ4n) is 2.47. The van der Waals surface area contributed by atoms with E-state index >= 15 is 0 Å². The summed E-state index contributed by atoms with van der Waals surface area (Å²) in [6.45, 7) is 2.20. The number of rotatable bonds is 4. The fourth-order valence-corrected chi connectivity index (χ4v) is 2.47. The van der Waals surface area contributed by atoms with Crippen molar-refractivity contribution in [2.24, 2.45) is 0 Å². The monoisotopic (exact) mass is 215 g/mol. The topological polar surface area (TPSA) is 12.0 Å². The Hall–Kier alpha value is -1.08. The molecule has 0 aliphatic heterocycles. The summed E-state index contributed by atoms with van der Waals surface area (Å²) in [5, 5.41) is 3.43. The van der Waals surface area contributed by atoms with Gasteiger partial charge in [-0.15, -0.1) is 0 Å². The molecule has 0 radical (unpaired) electrons. The van der Waals surface area contributed by atoms with Crippen molar-refractivity contribution < 1.29 is 0 Å². The second-order valence-corrected chi connectivity index (χ2v) is 4.49. The number of hydrogen-bond donors (Lipinski definition) is 1. The van der Waals surface area contributed by atoms with Crippen LogP contribution in [0.5, 0.6) is 0 Å². The molecule has 1 atom stereocenters. The van der Waals surface area contributed by atoms with Gasteiger partial charge in [0.2, 0.25) is 0 Å². The van der Waals surface area contributed by atoms with E-state index in [1.165, 1.54) is 30.4 Å². The van der Waals surface area contributed by atoms with Gasteiger partial charge in [0.05, 0.1) is 6.04 Å². The average molecular weight is 215 g/mol. The van der Waals surface area contributed by atoms with Gasteiger partial charge < -0.3 is 5.32 Å². The van der Waals surface area contributed by atoms with Crippen LogP contribution >= 0.6 is 0 Å². The second-order valence-electron chi connectivity index (χ2n) is 4.49. The van der Waals surface area contributed by atoms with Gasteiger partial charge in [-0.1, -0.05) is 42.8 Å². The van der Waals surface area contributed by atoms with Crippen LogP contribution in [-0.4, -0.2) is 7.05 Å². The van der Waals surface area contributed by atoms with Gasteiger partial charge in [-0.3, -0.25) is 0 Å². The first-order valence-electron chi connectivity index (χ1n) is 6.30. The predicted octanol–water partition coefficient (Wildman–Crippen LogP) is 3.62. The van der Waals surface area contributed by atoms with Crippen LogP contribution in [0.4, 0.5) is 0 Å². The summed E-state index contributed by atoms with van der Waals surface area (Å²) < 4.78 is 0. The third-order valence-corrected chi connectivity index (χ3v) is 3.46. The van der Waals surface area contributed by atoms with Crippen molar-refractivity contribution in [1.82, 2.24) is 5.32 Å². The largest absolute Gasteiger partial charge is 0.310 e. The first kappa shape index (κ1) is 11.4. The highest BCUT2D eigenvalue weighted by atomic mass is 14.9. The SMILES string of the molecule is CCc1ccc(C(NC)C2=CCCC2)cc1. The summed E-state index contributed by atoms with van der Waals surface area (Å²) in [6.07, 6.45) is 7.34. The Morgan fingerprint density at radius 2 is 2.00 bits per heavy atom. The molecule has 2 rings (SSSR count). The molecule has 0 saturated carbocycles. The maximum atomic E-state index is 3.43. The standard InChI is InChI=1S/C15H21N/c1-3-12-8-10-14(11-9-12)15(16-2)13-6-4-5-7-13/h6,8-11,15-16H,3-5,7H2,1-2H3.